The topological polar surface area (TPSA) is 90.9 Å². The Balaban J connectivity index is 1.32. The van der Waals surface area contributed by atoms with E-state index in [1.54, 1.807) is 0 Å². The Morgan fingerprint density at radius 1 is 0.911 bits per heavy atom. The van der Waals surface area contributed by atoms with E-state index in [4.69, 9.17) is 29.0 Å². The third-order valence-corrected chi connectivity index (χ3v) is 9.16. The fraction of sp³-hybridized carbons (Fsp3) is 0.278. The second-order valence-corrected chi connectivity index (χ2v) is 12.3. The summed E-state index contributed by atoms with van der Waals surface area (Å²) in [7, 11) is 1.44. The molecular weight excluding hydrogens is 606 g/mol. The van der Waals surface area contributed by atoms with Gasteiger partial charge >= 0.3 is 6.09 Å². The van der Waals surface area contributed by atoms with Gasteiger partial charge in [-0.05, 0) is 53.3 Å². The molecule has 45 heavy (non-hydrogen) atoms. The first-order valence-electron chi connectivity index (χ1n) is 15.1. The zero-order chi connectivity index (χ0) is 31.8. The van der Waals surface area contributed by atoms with Crippen LogP contribution in [0.1, 0.15) is 39.8 Å². The highest BCUT2D eigenvalue weighted by atomic mass is 35.5. The normalized spacial score (nSPS) is 17.8. The SMILES string of the molecule is CN(C(=O)O)[C@H](C(=O)Nc1ccccc1CC[C@@H]1CNC[C@@H](C(S)c2ccc(Cl)cc2)O1)C(c1ccccc1)c1ccccc1. The number of thiol groups is 1. The lowest BCUT2D eigenvalue weighted by Crippen LogP contribution is -2.48. The maximum Gasteiger partial charge on any atom is 0.407 e. The molecule has 3 N–H and O–H groups in total. The summed E-state index contributed by atoms with van der Waals surface area (Å²) in [5.74, 6) is -0.921. The van der Waals surface area contributed by atoms with Crippen LogP contribution in [-0.2, 0) is 16.0 Å². The quantitative estimate of drug-likeness (QED) is 0.132. The predicted molar refractivity (Wildman–Crippen MR) is 182 cm³/mol. The fourth-order valence-electron chi connectivity index (χ4n) is 5.89. The van der Waals surface area contributed by atoms with Crippen LogP contribution in [0.3, 0.4) is 0 Å². The number of aryl methyl sites for hydroxylation is 1. The van der Waals surface area contributed by atoms with Crippen LogP contribution in [0.2, 0.25) is 5.02 Å². The first-order chi connectivity index (χ1) is 21.8. The molecule has 4 aromatic rings. The first-order valence-corrected chi connectivity index (χ1v) is 16.0. The van der Waals surface area contributed by atoms with E-state index in [1.165, 1.54) is 7.05 Å². The number of carboxylic acid groups (broad SMARTS) is 1. The molecule has 1 heterocycles. The van der Waals surface area contributed by atoms with Gasteiger partial charge in [0.05, 0.1) is 17.5 Å². The van der Waals surface area contributed by atoms with E-state index in [1.807, 2.05) is 109 Å². The van der Waals surface area contributed by atoms with Gasteiger partial charge in [-0.15, -0.1) is 0 Å². The summed E-state index contributed by atoms with van der Waals surface area (Å²) in [5.41, 5.74) is 4.35. The summed E-state index contributed by atoms with van der Waals surface area (Å²) in [4.78, 5) is 27.5. The molecule has 0 radical (unpaired) electrons. The van der Waals surface area contributed by atoms with Crippen molar-refractivity contribution >= 4 is 41.9 Å². The van der Waals surface area contributed by atoms with Crippen LogP contribution >= 0.6 is 24.2 Å². The number of hydrogen-bond donors (Lipinski definition) is 4. The van der Waals surface area contributed by atoms with Gasteiger partial charge in [0.1, 0.15) is 6.04 Å². The zero-order valence-corrected chi connectivity index (χ0v) is 26.7. The number of carbonyl (C=O) groups is 2. The monoisotopic (exact) mass is 643 g/mol. The molecule has 7 nitrogen and oxygen atoms in total. The molecule has 9 heteroatoms. The summed E-state index contributed by atoms with van der Waals surface area (Å²) in [6.07, 6.45) is 0.0581. The number of halogens is 1. The number of morpholine rings is 1. The smallest absolute Gasteiger partial charge is 0.407 e. The molecule has 234 valence electrons. The Bertz CT molecular complexity index is 1520. The maximum atomic E-state index is 14.1. The number of anilines is 1. The van der Waals surface area contributed by atoms with Crippen molar-refractivity contribution in [2.24, 2.45) is 0 Å². The van der Waals surface area contributed by atoms with E-state index in [0.717, 1.165) is 33.6 Å². The molecule has 4 aromatic carbocycles. The summed E-state index contributed by atoms with van der Waals surface area (Å²) in [6, 6.07) is 33.4. The van der Waals surface area contributed by atoms with Crippen molar-refractivity contribution in [3.05, 3.63) is 136 Å². The fourth-order valence-corrected chi connectivity index (χ4v) is 6.37. The third-order valence-electron chi connectivity index (χ3n) is 8.28. The number of amides is 2. The third kappa shape index (κ3) is 8.27. The molecule has 2 amide bonds. The minimum absolute atomic E-state index is 0.0408. The molecule has 5 rings (SSSR count). The van der Waals surface area contributed by atoms with Gasteiger partial charge < -0.3 is 20.5 Å². The summed E-state index contributed by atoms with van der Waals surface area (Å²) < 4.78 is 6.47. The largest absolute Gasteiger partial charge is 0.465 e. The van der Waals surface area contributed by atoms with E-state index in [9.17, 15) is 14.7 Å². The lowest BCUT2D eigenvalue weighted by molar-refractivity contribution is -0.120. The van der Waals surface area contributed by atoms with Crippen molar-refractivity contribution in [1.29, 1.82) is 0 Å². The molecular formula is C36H38ClN3O4S. The van der Waals surface area contributed by atoms with Crippen molar-refractivity contribution in [3.63, 3.8) is 0 Å². The number of carbonyl (C=O) groups excluding carboxylic acids is 1. The highest BCUT2D eigenvalue weighted by molar-refractivity contribution is 7.80. The van der Waals surface area contributed by atoms with E-state index in [0.29, 0.717) is 30.2 Å². The van der Waals surface area contributed by atoms with Gasteiger partial charge in [0.2, 0.25) is 5.91 Å². The van der Waals surface area contributed by atoms with Crippen molar-refractivity contribution in [3.8, 4) is 0 Å². The Hall–Kier alpha value is -3.82. The molecule has 0 saturated carbocycles. The molecule has 0 bridgehead atoms. The van der Waals surface area contributed by atoms with Gasteiger partial charge in [-0.1, -0.05) is 103 Å². The number of benzene rings is 4. The number of rotatable bonds is 11. The van der Waals surface area contributed by atoms with E-state index < -0.39 is 24.0 Å². The van der Waals surface area contributed by atoms with E-state index >= 15 is 0 Å². The average Bonchev–Trinajstić information content (AvgIpc) is 3.07. The Morgan fingerprint density at radius 3 is 2.13 bits per heavy atom. The van der Waals surface area contributed by atoms with Crippen LogP contribution in [0, 0.1) is 0 Å². The standard InChI is InChI=1S/C36H38ClN3O4S/c1-40(36(42)43)33(32(25-11-4-2-5-12-25)26-13-6-3-7-14-26)35(41)39-30-15-9-8-10-24(30)18-21-29-22-38-23-31(44-29)34(45)27-16-19-28(37)20-17-27/h2-17,19-20,29,31-34,38,45H,18,21-23H2,1H3,(H,39,41)(H,42,43)/t29-,31+,33+,34?/m1/s1. The molecule has 4 atom stereocenters. The Morgan fingerprint density at radius 2 is 1.51 bits per heavy atom. The first kappa shape index (κ1) is 32.6. The second-order valence-electron chi connectivity index (χ2n) is 11.3. The molecule has 1 saturated heterocycles. The number of nitrogens with one attached hydrogen (secondary N) is 2. The maximum absolute atomic E-state index is 14.1. The summed E-state index contributed by atoms with van der Waals surface area (Å²) >= 11 is 10.9. The Labute approximate surface area is 275 Å². The van der Waals surface area contributed by atoms with Gasteiger partial charge in [0.15, 0.2) is 0 Å². The number of hydrogen-bond acceptors (Lipinski definition) is 5. The number of nitrogens with zero attached hydrogens (tertiary/aromatic N) is 1. The van der Waals surface area contributed by atoms with Gasteiger partial charge in [0, 0.05) is 36.8 Å². The lowest BCUT2D eigenvalue weighted by Gasteiger charge is -2.34. The van der Waals surface area contributed by atoms with Crippen LogP contribution in [-0.4, -0.2) is 60.4 Å². The van der Waals surface area contributed by atoms with Crippen molar-refractivity contribution in [2.75, 3.05) is 25.5 Å². The number of ether oxygens (including phenoxy) is 1. The molecule has 0 aromatic heterocycles. The Kier molecular flexibility index (Phi) is 11.2. The minimum Gasteiger partial charge on any atom is -0.465 e. The predicted octanol–water partition coefficient (Wildman–Crippen LogP) is 7.05. The highest BCUT2D eigenvalue weighted by Gasteiger charge is 2.37. The van der Waals surface area contributed by atoms with Crippen LogP contribution < -0.4 is 10.6 Å². The average molecular weight is 644 g/mol. The molecule has 1 fully saturated rings. The molecule has 1 aliphatic heterocycles. The van der Waals surface area contributed by atoms with Crippen LogP contribution in [0.25, 0.3) is 0 Å². The molecule has 1 aliphatic rings. The van der Waals surface area contributed by atoms with Crippen LogP contribution in [0.5, 0.6) is 0 Å². The lowest BCUT2D eigenvalue weighted by atomic mass is 9.84. The molecule has 1 unspecified atom stereocenters. The molecule has 0 aliphatic carbocycles. The zero-order valence-electron chi connectivity index (χ0n) is 25.1. The van der Waals surface area contributed by atoms with Gasteiger partial charge in [-0.2, -0.15) is 12.6 Å². The van der Waals surface area contributed by atoms with Crippen molar-refractivity contribution < 1.29 is 19.4 Å². The number of para-hydroxylation sites is 1. The highest BCUT2D eigenvalue weighted by Crippen LogP contribution is 2.33. The van der Waals surface area contributed by atoms with Gasteiger partial charge in [-0.25, -0.2) is 4.79 Å². The van der Waals surface area contributed by atoms with E-state index in [2.05, 4.69) is 10.6 Å². The van der Waals surface area contributed by atoms with Gasteiger partial charge in [0.25, 0.3) is 0 Å². The van der Waals surface area contributed by atoms with Gasteiger partial charge in [-0.3, -0.25) is 9.69 Å². The summed E-state index contributed by atoms with van der Waals surface area (Å²) in [6.45, 7) is 1.41. The van der Waals surface area contributed by atoms with Crippen molar-refractivity contribution in [2.45, 2.75) is 42.3 Å². The van der Waals surface area contributed by atoms with Crippen LogP contribution in [0.4, 0.5) is 10.5 Å². The van der Waals surface area contributed by atoms with E-state index in [-0.39, 0.29) is 17.5 Å². The van der Waals surface area contributed by atoms with Crippen LogP contribution in [0.15, 0.2) is 109 Å². The second kappa shape index (κ2) is 15.5. The summed E-state index contributed by atoms with van der Waals surface area (Å²) in [5, 5.41) is 17.2. The minimum atomic E-state index is -1.18. The number of likely N-dealkylation sites (N-methyl/N-ethyl adjacent to an activating group) is 1. The van der Waals surface area contributed by atoms with Crippen molar-refractivity contribution in [1.82, 2.24) is 10.2 Å². The molecule has 0 spiro atoms.